The molecule has 2 fully saturated rings. The Morgan fingerprint density at radius 2 is 1.51 bits per heavy atom. The Hall–Kier alpha value is -3.08. The van der Waals surface area contributed by atoms with Gasteiger partial charge >= 0.3 is 0 Å². The summed E-state index contributed by atoms with van der Waals surface area (Å²) in [5.74, 6) is 0.650. The number of ether oxygens (including phenoxy) is 5. The molecule has 9 heteroatoms. The fourth-order valence-electron chi connectivity index (χ4n) is 5.02. The van der Waals surface area contributed by atoms with Crippen LogP contribution in [0.5, 0.6) is 5.88 Å². The molecule has 0 bridgehead atoms. The Bertz CT molecular complexity index is 1370. The van der Waals surface area contributed by atoms with Crippen LogP contribution in [0.2, 0.25) is 0 Å². The van der Waals surface area contributed by atoms with Gasteiger partial charge in [0, 0.05) is 79.5 Å². The monoisotopic (exact) mass is 532 g/mol. The zero-order chi connectivity index (χ0) is 26.4. The number of benzene rings is 1. The van der Waals surface area contributed by atoms with Crippen LogP contribution in [0.15, 0.2) is 55.0 Å². The van der Waals surface area contributed by atoms with Crippen molar-refractivity contribution in [2.75, 3.05) is 52.7 Å². The fourth-order valence-corrected chi connectivity index (χ4v) is 5.02. The van der Waals surface area contributed by atoms with Crippen molar-refractivity contribution in [2.45, 2.75) is 31.2 Å². The lowest BCUT2D eigenvalue weighted by Gasteiger charge is -2.34. The Morgan fingerprint density at radius 1 is 0.769 bits per heavy atom. The van der Waals surface area contributed by atoms with Gasteiger partial charge in [-0.1, -0.05) is 12.1 Å². The molecule has 0 spiro atoms. The third kappa shape index (κ3) is 6.23. The van der Waals surface area contributed by atoms with E-state index in [0.717, 1.165) is 37.1 Å². The van der Waals surface area contributed by atoms with Gasteiger partial charge in [-0.25, -0.2) is 4.98 Å². The van der Waals surface area contributed by atoms with Gasteiger partial charge in [-0.15, -0.1) is 0 Å². The molecular weight excluding hydrogens is 496 g/mol. The highest BCUT2D eigenvalue weighted by atomic mass is 16.6. The molecule has 1 aromatic carbocycles. The summed E-state index contributed by atoms with van der Waals surface area (Å²) >= 11 is 0. The van der Waals surface area contributed by atoms with Crippen molar-refractivity contribution in [1.82, 2.24) is 19.9 Å². The molecule has 206 valence electrons. The van der Waals surface area contributed by atoms with E-state index in [9.17, 15) is 0 Å². The number of nitrogens with zero attached hydrogens (tertiary/aromatic N) is 3. The average molecular weight is 533 g/mol. The van der Waals surface area contributed by atoms with E-state index in [2.05, 4.69) is 57.2 Å². The van der Waals surface area contributed by atoms with Gasteiger partial charge in [-0.05, 0) is 23.8 Å². The molecule has 2 aliphatic rings. The van der Waals surface area contributed by atoms with Crippen LogP contribution in [0, 0.1) is 0 Å². The molecule has 0 radical (unpaired) electrons. The molecule has 4 heterocycles. The topological polar surface area (TPSA) is 88.9 Å². The summed E-state index contributed by atoms with van der Waals surface area (Å²) in [4.78, 5) is 8.85. The summed E-state index contributed by atoms with van der Waals surface area (Å²) in [5.41, 5.74) is 4.55. The number of aryl methyl sites for hydroxylation is 1. The molecule has 9 nitrogen and oxygen atoms in total. The van der Waals surface area contributed by atoms with E-state index in [1.54, 1.807) is 0 Å². The quantitative estimate of drug-likeness (QED) is 0.246. The lowest BCUT2D eigenvalue weighted by Crippen LogP contribution is -2.48. The number of hydrogen-bond acceptors (Lipinski definition) is 8. The number of nitrogens with one attached hydrogen (secondary N) is 1. The molecule has 1 saturated heterocycles. The maximum absolute atomic E-state index is 6.05. The molecule has 0 amide bonds. The van der Waals surface area contributed by atoms with Crippen molar-refractivity contribution in [1.29, 1.82) is 0 Å². The standard InChI is InChI=1S/C30H36N4O5/c1-34-28-6-7-31-20-27(28)26-4-2-21(14-29(26)34)22-3-5-30(33-17-22)39-24-15-23(16-24)37-12-10-35-8-9-36-11-13-38-25-18-32-19-25/h2-7,14,17,20,23-25,32H,8-13,15-16,18-19H2,1H3. The van der Waals surface area contributed by atoms with E-state index in [-0.39, 0.29) is 12.2 Å². The van der Waals surface area contributed by atoms with E-state index >= 15 is 0 Å². The van der Waals surface area contributed by atoms with Crippen LogP contribution in [0.4, 0.5) is 0 Å². The number of fused-ring (bicyclic) bond motifs is 3. The lowest BCUT2D eigenvalue weighted by atomic mass is 9.92. The summed E-state index contributed by atoms with van der Waals surface area (Å²) in [6.07, 6.45) is 8.10. The first-order chi connectivity index (χ1) is 19.2. The largest absolute Gasteiger partial charge is 0.474 e. The second kappa shape index (κ2) is 12.4. The predicted molar refractivity (Wildman–Crippen MR) is 149 cm³/mol. The molecule has 39 heavy (non-hydrogen) atoms. The van der Waals surface area contributed by atoms with Crippen LogP contribution < -0.4 is 10.1 Å². The Labute approximate surface area is 228 Å². The molecule has 3 aromatic heterocycles. The first-order valence-corrected chi connectivity index (χ1v) is 13.8. The Morgan fingerprint density at radius 3 is 2.23 bits per heavy atom. The van der Waals surface area contributed by atoms with Crippen LogP contribution in [-0.2, 0) is 26.0 Å². The first-order valence-electron chi connectivity index (χ1n) is 13.8. The second-order valence-corrected chi connectivity index (χ2v) is 10.1. The van der Waals surface area contributed by atoms with Crippen molar-refractivity contribution in [2.24, 2.45) is 7.05 Å². The van der Waals surface area contributed by atoms with E-state index in [0.29, 0.717) is 51.6 Å². The van der Waals surface area contributed by atoms with Crippen LogP contribution in [0.3, 0.4) is 0 Å². The van der Waals surface area contributed by atoms with Gasteiger partial charge in [0.2, 0.25) is 5.88 Å². The molecule has 6 rings (SSSR count). The number of rotatable bonds is 14. The SMILES string of the molecule is Cn1c2ccncc2c2ccc(-c3ccc(OC4CC(OCCOCCOCCOC5CNC5)C4)nc3)cc21. The van der Waals surface area contributed by atoms with Crippen LogP contribution in [0.25, 0.3) is 32.9 Å². The second-order valence-electron chi connectivity index (χ2n) is 10.1. The zero-order valence-electron chi connectivity index (χ0n) is 22.4. The van der Waals surface area contributed by atoms with Crippen molar-refractivity contribution in [3.8, 4) is 17.0 Å². The van der Waals surface area contributed by atoms with Crippen LogP contribution in [0.1, 0.15) is 12.8 Å². The molecule has 1 saturated carbocycles. The maximum Gasteiger partial charge on any atom is 0.213 e. The summed E-state index contributed by atoms with van der Waals surface area (Å²) in [6, 6.07) is 12.6. The van der Waals surface area contributed by atoms with Crippen molar-refractivity contribution in [3.05, 3.63) is 55.0 Å². The minimum Gasteiger partial charge on any atom is -0.474 e. The molecule has 4 aromatic rings. The number of hydrogen-bond donors (Lipinski definition) is 1. The Balaban J connectivity index is 0.877. The first kappa shape index (κ1) is 26.2. The molecule has 1 aliphatic heterocycles. The third-order valence-corrected chi connectivity index (χ3v) is 7.50. The van der Waals surface area contributed by atoms with E-state index in [4.69, 9.17) is 23.7 Å². The van der Waals surface area contributed by atoms with Gasteiger partial charge in [0.05, 0.1) is 57.4 Å². The van der Waals surface area contributed by atoms with Gasteiger partial charge in [0.15, 0.2) is 0 Å². The van der Waals surface area contributed by atoms with Gasteiger partial charge in [0.25, 0.3) is 0 Å². The van der Waals surface area contributed by atoms with Crippen molar-refractivity contribution < 1.29 is 23.7 Å². The van der Waals surface area contributed by atoms with Crippen molar-refractivity contribution in [3.63, 3.8) is 0 Å². The fraction of sp³-hybridized carbons (Fsp3) is 0.467. The predicted octanol–water partition coefficient (Wildman–Crippen LogP) is 3.74. The average Bonchev–Trinajstić information content (AvgIpc) is 3.20. The minimum atomic E-state index is 0.140. The maximum atomic E-state index is 6.05. The van der Waals surface area contributed by atoms with E-state index in [1.807, 2.05) is 24.7 Å². The van der Waals surface area contributed by atoms with Gasteiger partial charge in [-0.2, -0.15) is 0 Å². The van der Waals surface area contributed by atoms with Crippen LogP contribution in [-0.4, -0.2) is 85.6 Å². The van der Waals surface area contributed by atoms with Crippen molar-refractivity contribution >= 4 is 21.8 Å². The third-order valence-electron chi connectivity index (χ3n) is 7.50. The minimum absolute atomic E-state index is 0.140. The van der Waals surface area contributed by atoms with Gasteiger partial charge in [0.1, 0.15) is 6.10 Å². The Kier molecular flexibility index (Phi) is 8.32. The normalized spacial score (nSPS) is 19.3. The zero-order valence-corrected chi connectivity index (χ0v) is 22.4. The summed E-state index contributed by atoms with van der Waals surface area (Å²) in [5, 5.41) is 5.55. The smallest absolute Gasteiger partial charge is 0.213 e. The lowest BCUT2D eigenvalue weighted by molar-refractivity contribution is -0.0804. The molecular formula is C30H36N4O5. The highest BCUT2D eigenvalue weighted by Gasteiger charge is 2.31. The summed E-state index contributed by atoms with van der Waals surface area (Å²) in [7, 11) is 2.09. The van der Waals surface area contributed by atoms with E-state index in [1.165, 1.54) is 21.8 Å². The van der Waals surface area contributed by atoms with Gasteiger partial charge < -0.3 is 33.6 Å². The highest BCUT2D eigenvalue weighted by Crippen LogP contribution is 2.32. The number of aromatic nitrogens is 3. The number of pyridine rings is 2. The molecule has 0 atom stereocenters. The summed E-state index contributed by atoms with van der Waals surface area (Å²) < 4.78 is 30.8. The van der Waals surface area contributed by atoms with Crippen LogP contribution >= 0.6 is 0 Å². The molecule has 0 unspecified atom stereocenters. The van der Waals surface area contributed by atoms with E-state index < -0.39 is 0 Å². The molecule has 1 N–H and O–H groups in total. The summed E-state index contributed by atoms with van der Waals surface area (Å²) in [6.45, 7) is 5.44. The molecule has 1 aliphatic carbocycles. The van der Waals surface area contributed by atoms with Gasteiger partial charge in [-0.3, -0.25) is 4.98 Å². The highest BCUT2D eigenvalue weighted by molar-refractivity contribution is 6.08.